The number of ether oxygens (including phenoxy) is 1. The minimum absolute atomic E-state index is 0. The second-order valence-corrected chi connectivity index (χ2v) is 6.03. The number of aromatic nitrogens is 2. The number of anilines is 1. The fraction of sp³-hybridized carbons (Fsp3) is 0.200. The average Bonchev–Trinajstić information content (AvgIpc) is 3.07. The Morgan fingerprint density at radius 1 is 1.27 bits per heavy atom. The lowest BCUT2D eigenvalue weighted by molar-refractivity contribution is -0.118. The molecule has 5 nitrogen and oxygen atoms in total. The molecule has 6 heteroatoms. The Balaban J connectivity index is 0.00000196. The van der Waals surface area contributed by atoms with E-state index in [1.165, 1.54) is 0 Å². The number of pyridine rings is 1. The number of amides is 1. The zero-order chi connectivity index (χ0) is 17.4. The predicted octanol–water partition coefficient (Wildman–Crippen LogP) is 3.90. The first-order chi connectivity index (χ1) is 12.2. The molecule has 3 heterocycles. The largest absolute Gasteiger partial charge is 0.495 e. The summed E-state index contributed by atoms with van der Waals surface area (Å²) in [4.78, 5) is 18.9. The van der Waals surface area contributed by atoms with Gasteiger partial charge in [-0.1, -0.05) is 12.1 Å². The summed E-state index contributed by atoms with van der Waals surface area (Å²) in [6.45, 7) is 4.25. The van der Waals surface area contributed by atoms with Gasteiger partial charge in [-0.25, -0.2) is 4.98 Å². The van der Waals surface area contributed by atoms with Crippen molar-refractivity contribution in [3.8, 4) is 17.0 Å². The van der Waals surface area contributed by atoms with Crippen LogP contribution in [0.2, 0.25) is 0 Å². The molecule has 0 unspecified atom stereocenters. The first-order valence-electron chi connectivity index (χ1n) is 8.28. The predicted molar refractivity (Wildman–Crippen MR) is 105 cm³/mol. The van der Waals surface area contributed by atoms with Gasteiger partial charge in [-0.3, -0.25) is 4.79 Å². The van der Waals surface area contributed by atoms with Crippen LogP contribution in [-0.4, -0.2) is 28.9 Å². The summed E-state index contributed by atoms with van der Waals surface area (Å²) < 4.78 is 7.53. The third-order valence-corrected chi connectivity index (χ3v) is 4.58. The van der Waals surface area contributed by atoms with Crippen LogP contribution in [0.25, 0.3) is 16.9 Å². The van der Waals surface area contributed by atoms with Crippen LogP contribution >= 0.6 is 12.4 Å². The normalized spacial score (nSPS) is 13.3. The van der Waals surface area contributed by atoms with Crippen molar-refractivity contribution in [1.82, 2.24) is 9.38 Å². The highest BCUT2D eigenvalue weighted by Gasteiger charge is 2.29. The second-order valence-electron chi connectivity index (χ2n) is 6.03. The fourth-order valence-corrected chi connectivity index (χ4v) is 3.45. The fourth-order valence-electron chi connectivity index (χ4n) is 3.45. The minimum atomic E-state index is 0. The molecule has 0 saturated heterocycles. The number of nitrogens with zero attached hydrogens (tertiary/aromatic N) is 3. The summed E-state index contributed by atoms with van der Waals surface area (Å²) in [5, 5.41) is 0. The molecule has 1 aromatic carbocycles. The standard InChI is InChI=1S/C20H19N3O2.ClH/c1-3-11-23-19(24)10-8-15-14(7-9-17(25-2)20(15)23)16-13-22-12-5-4-6-18(22)21-16;/h3-7,9,12-13H,1,8,10-11H2,2H3;1H. The SMILES string of the molecule is C=CCN1C(=O)CCc2c(-c3cn4ccccc4n3)ccc(OC)c21.Cl. The van der Waals surface area contributed by atoms with Gasteiger partial charge in [0.2, 0.25) is 5.91 Å². The summed E-state index contributed by atoms with van der Waals surface area (Å²) in [7, 11) is 1.63. The molecule has 3 aromatic rings. The molecular formula is C20H20ClN3O2. The number of fused-ring (bicyclic) bond motifs is 2. The lowest BCUT2D eigenvalue weighted by Gasteiger charge is -2.31. The van der Waals surface area contributed by atoms with E-state index in [1.54, 1.807) is 18.1 Å². The van der Waals surface area contributed by atoms with Gasteiger partial charge in [0.25, 0.3) is 0 Å². The molecule has 0 saturated carbocycles. The number of carbonyl (C=O) groups excluding carboxylic acids is 1. The van der Waals surface area contributed by atoms with E-state index < -0.39 is 0 Å². The molecular weight excluding hydrogens is 350 g/mol. The van der Waals surface area contributed by atoms with Crippen molar-refractivity contribution in [2.24, 2.45) is 0 Å². The molecule has 0 aliphatic carbocycles. The molecule has 2 aromatic heterocycles. The second kappa shape index (κ2) is 7.22. The van der Waals surface area contributed by atoms with Crippen LogP contribution in [0.5, 0.6) is 5.75 Å². The van der Waals surface area contributed by atoms with E-state index in [0.717, 1.165) is 28.2 Å². The first kappa shape index (κ1) is 18.0. The van der Waals surface area contributed by atoms with Crippen molar-refractivity contribution in [2.45, 2.75) is 12.8 Å². The average molecular weight is 370 g/mol. The molecule has 1 amide bonds. The Kier molecular flexibility index (Phi) is 5.00. The van der Waals surface area contributed by atoms with Crippen molar-refractivity contribution >= 4 is 29.6 Å². The third kappa shape index (κ3) is 2.84. The van der Waals surface area contributed by atoms with Gasteiger partial charge in [0.05, 0.1) is 18.5 Å². The van der Waals surface area contributed by atoms with Gasteiger partial charge in [-0.05, 0) is 36.2 Å². The number of rotatable bonds is 4. The Morgan fingerprint density at radius 2 is 2.12 bits per heavy atom. The molecule has 4 rings (SSSR count). The highest BCUT2D eigenvalue weighted by Crippen LogP contribution is 2.42. The number of hydrogen-bond donors (Lipinski definition) is 0. The van der Waals surface area contributed by atoms with E-state index in [0.29, 0.717) is 25.1 Å². The zero-order valence-corrected chi connectivity index (χ0v) is 15.3. The van der Waals surface area contributed by atoms with Crippen molar-refractivity contribution < 1.29 is 9.53 Å². The molecule has 0 N–H and O–H groups in total. The van der Waals surface area contributed by atoms with Gasteiger partial charge in [-0.15, -0.1) is 19.0 Å². The molecule has 1 aliphatic rings. The maximum atomic E-state index is 12.4. The van der Waals surface area contributed by atoms with E-state index >= 15 is 0 Å². The molecule has 0 bridgehead atoms. The van der Waals surface area contributed by atoms with Crippen LogP contribution in [-0.2, 0) is 11.2 Å². The van der Waals surface area contributed by atoms with E-state index in [4.69, 9.17) is 9.72 Å². The van der Waals surface area contributed by atoms with Crippen LogP contribution in [0.1, 0.15) is 12.0 Å². The van der Waals surface area contributed by atoms with E-state index in [1.807, 2.05) is 47.1 Å². The number of imidazole rings is 1. The highest BCUT2D eigenvalue weighted by molar-refractivity contribution is 6.00. The summed E-state index contributed by atoms with van der Waals surface area (Å²) in [6, 6.07) is 9.87. The lowest BCUT2D eigenvalue weighted by atomic mass is 9.93. The maximum absolute atomic E-state index is 12.4. The highest BCUT2D eigenvalue weighted by atomic mass is 35.5. The van der Waals surface area contributed by atoms with Crippen LogP contribution < -0.4 is 9.64 Å². The molecule has 134 valence electrons. The first-order valence-corrected chi connectivity index (χ1v) is 8.28. The topological polar surface area (TPSA) is 46.8 Å². The van der Waals surface area contributed by atoms with Crippen LogP contribution in [0.15, 0.2) is 55.4 Å². The van der Waals surface area contributed by atoms with E-state index in [2.05, 4.69) is 6.58 Å². The van der Waals surface area contributed by atoms with Gasteiger partial charge in [-0.2, -0.15) is 0 Å². The molecule has 0 spiro atoms. The van der Waals surface area contributed by atoms with Crippen LogP contribution in [0, 0.1) is 0 Å². The van der Waals surface area contributed by atoms with Gasteiger partial charge < -0.3 is 14.0 Å². The number of carbonyl (C=O) groups is 1. The van der Waals surface area contributed by atoms with Gasteiger partial charge in [0, 0.05) is 30.9 Å². The molecule has 0 radical (unpaired) electrons. The van der Waals surface area contributed by atoms with Gasteiger partial charge in [0.15, 0.2) is 0 Å². The van der Waals surface area contributed by atoms with E-state index in [9.17, 15) is 4.79 Å². The Hall–Kier alpha value is -2.79. The molecule has 26 heavy (non-hydrogen) atoms. The number of halogens is 1. The van der Waals surface area contributed by atoms with Crippen molar-refractivity contribution in [2.75, 3.05) is 18.6 Å². The zero-order valence-electron chi connectivity index (χ0n) is 14.5. The number of hydrogen-bond acceptors (Lipinski definition) is 3. The van der Waals surface area contributed by atoms with Gasteiger partial charge >= 0.3 is 0 Å². The van der Waals surface area contributed by atoms with Crippen LogP contribution in [0.3, 0.4) is 0 Å². The summed E-state index contributed by atoms with van der Waals surface area (Å²) in [5.41, 5.74) is 4.79. The Morgan fingerprint density at radius 3 is 2.85 bits per heavy atom. The van der Waals surface area contributed by atoms with Crippen LogP contribution in [0.4, 0.5) is 5.69 Å². The number of methoxy groups -OCH3 is 1. The van der Waals surface area contributed by atoms with Crippen molar-refractivity contribution in [3.63, 3.8) is 0 Å². The summed E-state index contributed by atoms with van der Waals surface area (Å²) >= 11 is 0. The quantitative estimate of drug-likeness (QED) is 0.655. The Labute approximate surface area is 158 Å². The van der Waals surface area contributed by atoms with Crippen molar-refractivity contribution in [1.29, 1.82) is 0 Å². The lowest BCUT2D eigenvalue weighted by Crippen LogP contribution is -2.35. The summed E-state index contributed by atoms with van der Waals surface area (Å²) in [5.74, 6) is 0.801. The van der Waals surface area contributed by atoms with E-state index in [-0.39, 0.29) is 18.3 Å². The molecule has 0 fully saturated rings. The number of benzene rings is 1. The molecule has 0 atom stereocenters. The smallest absolute Gasteiger partial charge is 0.227 e. The Bertz CT molecular complexity index is 947. The molecule has 1 aliphatic heterocycles. The minimum Gasteiger partial charge on any atom is -0.495 e. The van der Waals surface area contributed by atoms with Gasteiger partial charge in [0.1, 0.15) is 11.4 Å². The monoisotopic (exact) mass is 369 g/mol. The third-order valence-electron chi connectivity index (χ3n) is 4.58. The van der Waals surface area contributed by atoms with Crippen molar-refractivity contribution in [3.05, 3.63) is 60.9 Å². The maximum Gasteiger partial charge on any atom is 0.227 e. The summed E-state index contributed by atoms with van der Waals surface area (Å²) in [6.07, 6.45) is 6.90.